The van der Waals surface area contributed by atoms with Gasteiger partial charge in [-0.25, -0.2) is 13.6 Å². The number of ether oxygens (including phenoxy) is 1. The Morgan fingerprint density at radius 3 is 2.50 bits per heavy atom. The van der Waals surface area contributed by atoms with E-state index < -0.39 is 39.3 Å². The van der Waals surface area contributed by atoms with Crippen molar-refractivity contribution in [2.24, 2.45) is 0 Å². The number of carbonyl (C=O) groups excluding carboxylic acids is 1. The van der Waals surface area contributed by atoms with Crippen LogP contribution in [0.5, 0.6) is 0 Å². The maximum absolute atomic E-state index is 15.5. The molecule has 1 aromatic carbocycles. The van der Waals surface area contributed by atoms with Gasteiger partial charge in [-0.1, -0.05) is 0 Å². The normalized spacial score (nSPS) is 17.3. The van der Waals surface area contributed by atoms with Crippen LogP contribution in [0.25, 0.3) is 10.9 Å². The maximum atomic E-state index is 15.5. The van der Waals surface area contributed by atoms with Gasteiger partial charge in [0, 0.05) is 25.3 Å². The highest BCUT2D eigenvalue weighted by Gasteiger charge is 2.36. The Bertz CT molecular complexity index is 1200. The summed E-state index contributed by atoms with van der Waals surface area (Å²) in [7, 11) is -3.68. The number of fused-ring (bicyclic) bond motifs is 1. The molecule has 4 rings (SSSR count). The average Bonchev–Trinajstić information content (AvgIpc) is 3.44. The average molecular weight is 442 g/mol. The maximum Gasteiger partial charge on any atom is 0.343 e. The molecule has 1 saturated heterocycles. The van der Waals surface area contributed by atoms with Crippen molar-refractivity contribution in [2.75, 3.05) is 30.9 Å². The summed E-state index contributed by atoms with van der Waals surface area (Å²) in [6.45, 7) is 1.63. The number of rotatable bonds is 6. The Labute approximate surface area is 171 Å². The Kier molecular flexibility index (Phi) is 5.05. The van der Waals surface area contributed by atoms with E-state index in [2.05, 4.69) is 0 Å². The molecule has 2 fully saturated rings. The minimum atomic E-state index is -3.68. The van der Waals surface area contributed by atoms with Crippen LogP contribution in [-0.4, -0.2) is 51.0 Å². The van der Waals surface area contributed by atoms with Gasteiger partial charge in [-0.05, 0) is 25.8 Å². The van der Waals surface area contributed by atoms with Crippen LogP contribution in [0.4, 0.5) is 14.5 Å². The van der Waals surface area contributed by atoms with Gasteiger partial charge in [0.25, 0.3) is 10.1 Å². The van der Waals surface area contributed by atoms with E-state index in [0.717, 1.165) is 25.2 Å². The van der Waals surface area contributed by atoms with Gasteiger partial charge in [0.15, 0.2) is 5.82 Å². The summed E-state index contributed by atoms with van der Waals surface area (Å²) in [5, 5.41) is -0.240. The SMILES string of the molecule is CCOC(=O)c1cn(C2CC2)c2c(F)c(N3CC(OS(C)(=O)=O)C3)c(F)cc2c1=O. The van der Waals surface area contributed by atoms with E-state index in [1.165, 1.54) is 15.7 Å². The molecular weight excluding hydrogens is 422 g/mol. The van der Waals surface area contributed by atoms with Gasteiger partial charge < -0.3 is 14.2 Å². The molecule has 162 valence electrons. The highest BCUT2D eigenvalue weighted by atomic mass is 32.2. The molecule has 1 saturated carbocycles. The molecule has 0 atom stereocenters. The van der Waals surface area contributed by atoms with E-state index in [4.69, 9.17) is 8.92 Å². The van der Waals surface area contributed by atoms with Crippen molar-refractivity contribution in [1.82, 2.24) is 4.57 Å². The second-order valence-corrected chi connectivity index (χ2v) is 9.08. The number of anilines is 1. The van der Waals surface area contributed by atoms with Crippen LogP contribution in [-0.2, 0) is 19.0 Å². The third kappa shape index (κ3) is 3.67. The summed E-state index contributed by atoms with van der Waals surface area (Å²) in [4.78, 5) is 26.3. The lowest BCUT2D eigenvalue weighted by atomic mass is 10.1. The van der Waals surface area contributed by atoms with Crippen LogP contribution in [0.3, 0.4) is 0 Å². The van der Waals surface area contributed by atoms with E-state index in [0.29, 0.717) is 0 Å². The van der Waals surface area contributed by atoms with Crippen LogP contribution < -0.4 is 10.3 Å². The summed E-state index contributed by atoms with van der Waals surface area (Å²) in [5.41, 5.74) is -1.51. The van der Waals surface area contributed by atoms with Gasteiger partial charge >= 0.3 is 5.97 Å². The fourth-order valence-corrected chi connectivity index (χ4v) is 4.26. The van der Waals surface area contributed by atoms with Gasteiger partial charge in [0.1, 0.15) is 23.2 Å². The van der Waals surface area contributed by atoms with E-state index in [-0.39, 0.29) is 47.9 Å². The predicted molar refractivity (Wildman–Crippen MR) is 104 cm³/mol. The molecule has 0 N–H and O–H groups in total. The smallest absolute Gasteiger partial charge is 0.343 e. The quantitative estimate of drug-likeness (QED) is 0.499. The first-order valence-electron chi connectivity index (χ1n) is 9.48. The van der Waals surface area contributed by atoms with E-state index in [1.54, 1.807) is 6.92 Å². The topological polar surface area (TPSA) is 94.9 Å². The first kappa shape index (κ1) is 20.7. The number of pyridine rings is 1. The van der Waals surface area contributed by atoms with E-state index in [9.17, 15) is 22.4 Å². The van der Waals surface area contributed by atoms with Gasteiger partial charge in [0.05, 0.1) is 23.8 Å². The number of esters is 1. The molecule has 0 radical (unpaired) electrons. The van der Waals surface area contributed by atoms with Crippen molar-refractivity contribution >= 4 is 32.7 Å². The number of hydrogen-bond donors (Lipinski definition) is 0. The van der Waals surface area contributed by atoms with Crippen LogP contribution in [0.15, 0.2) is 17.1 Å². The van der Waals surface area contributed by atoms with Gasteiger partial charge in [-0.15, -0.1) is 0 Å². The minimum absolute atomic E-state index is 0.0129. The van der Waals surface area contributed by atoms with Crippen molar-refractivity contribution < 1.29 is 30.9 Å². The molecule has 2 aliphatic rings. The molecule has 0 spiro atoms. The molecule has 1 aromatic heterocycles. The Morgan fingerprint density at radius 2 is 1.93 bits per heavy atom. The lowest BCUT2D eigenvalue weighted by Gasteiger charge is -2.40. The molecule has 2 heterocycles. The zero-order valence-corrected chi connectivity index (χ0v) is 17.2. The highest BCUT2D eigenvalue weighted by Crippen LogP contribution is 2.40. The summed E-state index contributed by atoms with van der Waals surface area (Å²) >= 11 is 0. The summed E-state index contributed by atoms with van der Waals surface area (Å²) < 4.78 is 63.9. The Morgan fingerprint density at radius 1 is 1.27 bits per heavy atom. The van der Waals surface area contributed by atoms with Gasteiger partial charge in [-0.2, -0.15) is 8.42 Å². The van der Waals surface area contributed by atoms with Crippen LogP contribution in [0.1, 0.15) is 36.2 Å². The van der Waals surface area contributed by atoms with Gasteiger partial charge in [0.2, 0.25) is 5.43 Å². The highest BCUT2D eigenvalue weighted by molar-refractivity contribution is 7.86. The second-order valence-electron chi connectivity index (χ2n) is 7.48. The number of halogens is 2. The second kappa shape index (κ2) is 7.31. The molecule has 2 aromatic rings. The third-order valence-corrected chi connectivity index (χ3v) is 5.72. The fourth-order valence-electron chi connectivity index (χ4n) is 3.65. The monoisotopic (exact) mass is 442 g/mol. The lowest BCUT2D eigenvalue weighted by Crippen LogP contribution is -2.53. The van der Waals surface area contributed by atoms with E-state index in [1.807, 2.05) is 0 Å². The standard InChI is InChI=1S/C19H20F2N2O6S/c1-3-28-19(25)13-9-23(10-4-5-10)16-12(18(13)24)6-14(20)17(15(16)21)22-7-11(8-22)29-30(2,26)27/h6,9-11H,3-5,7-8H2,1-2H3. The molecule has 1 aliphatic heterocycles. The van der Waals surface area contributed by atoms with Crippen molar-refractivity contribution in [2.45, 2.75) is 31.9 Å². The molecule has 30 heavy (non-hydrogen) atoms. The van der Waals surface area contributed by atoms with Crippen molar-refractivity contribution in [1.29, 1.82) is 0 Å². The number of carbonyl (C=O) groups is 1. The van der Waals surface area contributed by atoms with Crippen molar-refractivity contribution in [3.63, 3.8) is 0 Å². The number of aromatic nitrogens is 1. The number of hydrogen-bond acceptors (Lipinski definition) is 7. The van der Waals surface area contributed by atoms with Crippen molar-refractivity contribution in [3.8, 4) is 0 Å². The third-order valence-electron chi connectivity index (χ3n) is 5.09. The Hall–Kier alpha value is -2.53. The summed E-state index contributed by atoms with van der Waals surface area (Å²) in [5.74, 6) is -2.74. The lowest BCUT2D eigenvalue weighted by molar-refractivity contribution is 0.0524. The Balaban J connectivity index is 1.81. The largest absolute Gasteiger partial charge is 0.462 e. The van der Waals surface area contributed by atoms with Gasteiger partial charge in [-0.3, -0.25) is 8.98 Å². The minimum Gasteiger partial charge on any atom is -0.462 e. The number of nitrogens with zero attached hydrogens (tertiary/aromatic N) is 2. The zero-order chi connectivity index (χ0) is 21.8. The first-order valence-corrected chi connectivity index (χ1v) is 11.3. The molecule has 0 amide bonds. The van der Waals surface area contributed by atoms with Crippen LogP contribution in [0.2, 0.25) is 0 Å². The molecule has 0 unspecified atom stereocenters. The summed E-state index contributed by atoms with van der Waals surface area (Å²) in [6.07, 6.45) is 2.95. The fraction of sp³-hybridized carbons (Fsp3) is 0.474. The summed E-state index contributed by atoms with van der Waals surface area (Å²) in [6, 6.07) is 0.814. The van der Waals surface area contributed by atoms with Crippen LogP contribution >= 0.6 is 0 Å². The number of benzene rings is 1. The predicted octanol–water partition coefficient (Wildman–Crippen LogP) is 1.96. The van der Waals surface area contributed by atoms with E-state index >= 15 is 4.39 Å². The van der Waals surface area contributed by atoms with Crippen molar-refractivity contribution in [3.05, 3.63) is 39.7 Å². The van der Waals surface area contributed by atoms with Crippen LogP contribution in [0, 0.1) is 11.6 Å². The zero-order valence-electron chi connectivity index (χ0n) is 16.4. The molecule has 11 heteroatoms. The first-order chi connectivity index (χ1) is 14.1. The molecule has 0 bridgehead atoms. The molecule has 1 aliphatic carbocycles. The molecule has 8 nitrogen and oxygen atoms in total. The molecular formula is C19H20F2N2O6S.